The van der Waals surface area contributed by atoms with Gasteiger partial charge in [0.1, 0.15) is 0 Å². The summed E-state index contributed by atoms with van der Waals surface area (Å²) in [7, 11) is 0. The molecule has 6 bridgehead atoms. The van der Waals surface area contributed by atoms with E-state index in [1.165, 1.54) is 47.3 Å². The van der Waals surface area contributed by atoms with Crippen LogP contribution in [0.15, 0.2) is 0 Å². The van der Waals surface area contributed by atoms with Crippen molar-refractivity contribution in [3.05, 3.63) is 0 Å². The lowest BCUT2D eigenvalue weighted by Gasteiger charge is -2.30. The molecule has 0 heteroatoms. The number of hydrogen-bond donors (Lipinski definition) is 0. The summed E-state index contributed by atoms with van der Waals surface area (Å²) < 4.78 is 0. The Labute approximate surface area is 86.5 Å². The maximum absolute atomic E-state index is 1.66. The fourth-order valence-electron chi connectivity index (χ4n) is 6.53. The maximum atomic E-state index is 1.66. The first-order valence-electron chi connectivity index (χ1n) is 6.92. The van der Waals surface area contributed by atoms with E-state index in [9.17, 15) is 0 Å². The summed E-state index contributed by atoms with van der Waals surface area (Å²) in [5, 5.41) is 0. The minimum absolute atomic E-state index is 1.18. The predicted octanol–water partition coefficient (Wildman–Crippen LogP) is 3.32. The zero-order valence-electron chi connectivity index (χ0n) is 8.86. The van der Waals surface area contributed by atoms with Crippen molar-refractivity contribution in [1.82, 2.24) is 0 Å². The van der Waals surface area contributed by atoms with Crippen molar-refractivity contribution >= 4 is 0 Å². The van der Waals surface area contributed by atoms with Crippen molar-refractivity contribution < 1.29 is 0 Å². The first-order valence-corrected chi connectivity index (χ1v) is 6.92. The van der Waals surface area contributed by atoms with Crippen molar-refractivity contribution in [2.24, 2.45) is 47.3 Å². The van der Waals surface area contributed by atoms with Crippen LogP contribution in [0.2, 0.25) is 0 Å². The van der Waals surface area contributed by atoms with Crippen LogP contribution in [0.5, 0.6) is 0 Å². The Balaban J connectivity index is 1.48. The second-order valence-corrected chi connectivity index (χ2v) is 7.05. The van der Waals surface area contributed by atoms with E-state index in [-0.39, 0.29) is 0 Å². The standard InChI is InChI=1S/C14H20/c1-2-8-3-7(1)4-10(8)13-9-5-11-12(6-9)14(11)13/h7-14H,1-6H2. The van der Waals surface area contributed by atoms with Crippen LogP contribution in [-0.4, -0.2) is 0 Å². The summed E-state index contributed by atoms with van der Waals surface area (Å²) in [6, 6.07) is 0. The summed E-state index contributed by atoms with van der Waals surface area (Å²) in [5.74, 6) is 9.85. The normalized spacial score (nSPS) is 72.0. The quantitative estimate of drug-likeness (QED) is 0.592. The van der Waals surface area contributed by atoms with Crippen LogP contribution in [0, 0.1) is 47.3 Å². The van der Waals surface area contributed by atoms with E-state index >= 15 is 0 Å². The van der Waals surface area contributed by atoms with Crippen LogP contribution in [0.4, 0.5) is 0 Å². The average Bonchev–Trinajstić information content (AvgIpc) is 2.82. The van der Waals surface area contributed by atoms with E-state index in [2.05, 4.69) is 0 Å². The molecule has 0 N–H and O–H groups in total. The smallest absolute Gasteiger partial charge is 0.0318 e. The molecule has 0 radical (unpaired) electrons. The van der Waals surface area contributed by atoms with Crippen LogP contribution in [0.1, 0.15) is 38.5 Å². The molecule has 0 nitrogen and oxygen atoms in total. The summed E-state index contributed by atoms with van der Waals surface area (Å²) in [6.45, 7) is 0. The maximum Gasteiger partial charge on any atom is -0.0318 e. The van der Waals surface area contributed by atoms with Gasteiger partial charge in [0.2, 0.25) is 0 Å². The van der Waals surface area contributed by atoms with Crippen molar-refractivity contribution in [1.29, 1.82) is 0 Å². The monoisotopic (exact) mass is 188 g/mol. The molecule has 0 aromatic carbocycles. The van der Waals surface area contributed by atoms with E-state index in [4.69, 9.17) is 0 Å². The number of hydrogen-bond acceptors (Lipinski definition) is 0. The van der Waals surface area contributed by atoms with Crippen molar-refractivity contribution in [2.75, 3.05) is 0 Å². The van der Waals surface area contributed by atoms with E-state index < -0.39 is 0 Å². The summed E-state index contributed by atoms with van der Waals surface area (Å²) in [6.07, 6.45) is 9.82. The molecule has 0 amide bonds. The zero-order chi connectivity index (χ0) is 8.86. The highest BCUT2D eigenvalue weighted by atomic mass is 14.7. The van der Waals surface area contributed by atoms with Crippen LogP contribution in [0.3, 0.4) is 0 Å². The fourth-order valence-corrected chi connectivity index (χ4v) is 6.53. The highest BCUT2D eigenvalue weighted by molar-refractivity contribution is 5.18. The van der Waals surface area contributed by atoms with Crippen molar-refractivity contribution in [3.8, 4) is 0 Å². The molecular weight excluding hydrogens is 168 g/mol. The molecule has 0 aromatic rings. The minimum Gasteiger partial charge on any atom is -0.0502 e. The molecule has 76 valence electrons. The van der Waals surface area contributed by atoms with E-state index in [0.717, 1.165) is 0 Å². The molecule has 6 fully saturated rings. The Morgan fingerprint density at radius 2 is 1.43 bits per heavy atom. The molecule has 0 saturated heterocycles. The lowest BCUT2D eigenvalue weighted by Crippen LogP contribution is -2.23. The van der Waals surface area contributed by atoms with Gasteiger partial charge < -0.3 is 0 Å². The SMILES string of the molecule is C1CC2CC1CC2C1C2CC3C(C2)C31. The van der Waals surface area contributed by atoms with Gasteiger partial charge in [0.05, 0.1) is 0 Å². The van der Waals surface area contributed by atoms with Gasteiger partial charge in [-0.15, -0.1) is 0 Å². The molecule has 6 saturated carbocycles. The van der Waals surface area contributed by atoms with Gasteiger partial charge in [0.25, 0.3) is 0 Å². The van der Waals surface area contributed by atoms with E-state index in [0.29, 0.717) is 0 Å². The molecule has 0 aromatic heterocycles. The molecule has 6 aliphatic carbocycles. The summed E-state index contributed by atoms with van der Waals surface area (Å²) in [4.78, 5) is 0. The van der Waals surface area contributed by atoms with Crippen LogP contribution in [-0.2, 0) is 0 Å². The Kier molecular flexibility index (Phi) is 1.08. The highest BCUT2D eigenvalue weighted by Crippen LogP contribution is 2.76. The highest BCUT2D eigenvalue weighted by Gasteiger charge is 2.70. The minimum atomic E-state index is 1.18. The first-order chi connectivity index (χ1) is 6.92. The number of rotatable bonds is 1. The van der Waals surface area contributed by atoms with Crippen LogP contribution < -0.4 is 0 Å². The second-order valence-electron chi connectivity index (χ2n) is 7.05. The molecule has 0 spiro atoms. The molecule has 14 heavy (non-hydrogen) atoms. The Morgan fingerprint density at radius 1 is 0.571 bits per heavy atom. The molecule has 6 unspecified atom stereocenters. The van der Waals surface area contributed by atoms with Gasteiger partial charge in [-0.05, 0) is 79.4 Å². The third-order valence-electron chi connectivity index (χ3n) is 6.82. The molecule has 0 aliphatic heterocycles. The van der Waals surface area contributed by atoms with E-state index in [1.54, 1.807) is 38.5 Å². The van der Waals surface area contributed by atoms with Gasteiger partial charge in [0, 0.05) is 0 Å². The lowest BCUT2D eigenvalue weighted by atomic mass is 9.75. The zero-order valence-corrected chi connectivity index (χ0v) is 8.86. The number of fused-ring (bicyclic) bond motifs is 2. The summed E-state index contributed by atoms with van der Waals surface area (Å²) >= 11 is 0. The lowest BCUT2D eigenvalue weighted by molar-refractivity contribution is 0.187. The molecule has 0 heterocycles. The van der Waals surface area contributed by atoms with Crippen molar-refractivity contribution in [2.45, 2.75) is 38.5 Å². The first kappa shape index (κ1) is 7.30. The molecule has 6 atom stereocenters. The Morgan fingerprint density at radius 3 is 1.93 bits per heavy atom. The van der Waals surface area contributed by atoms with Gasteiger partial charge in [0.15, 0.2) is 0 Å². The molecule has 6 aliphatic rings. The van der Waals surface area contributed by atoms with Crippen LogP contribution >= 0.6 is 0 Å². The van der Waals surface area contributed by atoms with E-state index in [1.807, 2.05) is 0 Å². The predicted molar refractivity (Wildman–Crippen MR) is 55.6 cm³/mol. The van der Waals surface area contributed by atoms with Gasteiger partial charge in [-0.3, -0.25) is 0 Å². The Hall–Kier alpha value is 0. The van der Waals surface area contributed by atoms with Gasteiger partial charge in [-0.2, -0.15) is 0 Å². The third-order valence-corrected chi connectivity index (χ3v) is 6.82. The Bertz CT molecular complexity index is 280. The average molecular weight is 188 g/mol. The van der Waals surface area contributed by atoms with Crippen molar-refractivity contribution in [3.63, 3.8) is 0 Å². The second kappa shape index (κ2) is 2.08. The van der Waals surface area contributed by atoms with Gasteiger partial charge >= 0.3 is 0 Å². The van der Waals surface area contributed by atoms with Gasteiger partial charge in [-0.1, -0.05) is 6.42 Å². The van der Waals surface area contributed by atoms with Crippen LogP contribution in [0.25, 0.3) is 0 Å². The molecular formula is C14H20. The largest absolute Gasteiger partial charge is 0.0502 e. The topological polar surface area (TPSA) is 0 Å². The fraction of sp³-hybridized carbons (Fsp3) is 1.00. The van der Waals surface area contributed by atoms with Gasteiger partial charge in [-0.25, -0.2) is 0 Å². The summed E-state index contributed by atoms with van der Waals surface area (Å²) in [5.41, 5.74) is 0. The third kappa shape index (κ3) is 0.657. The molecule has 6 rings (SSSR count).